The van der Waals surface area contributed by atoms with Crippen molar-refractivity contribution in [1.82, 2.24) is 24.1 Å². The van der Waals surface area contributed by atoms with Crippen molar-refractivity contribution in [2.75, 3.05) is 0 Å². The Morgan fingerprint density at radius 1 is 1.33 bits per heavy atom. The highest BCUT2D eigenvalue weighted by Crippen LogP contribution is 1.98. The van der Waals surface area contributed by atoms with Crippen LogP contribution in [0.4, 0.5) is 0 Å². The fourth-order valence-electron chi connectivity index (χ4n) is 1.44. The van der Waals surface area contributed by atoms with Crippen LogP contribution in [0.25, 0.3) is 0 Å². The second-order valence-electron chi connectivity index (χ2n) is 3.44. The normalized spacial score (nSPS) is 10.8. The minimum Gasteiger partial charge on any atom is -0.285 e. The van der Waals surface area contributed by atoms with Crippen molar-refractivity contribution < 1.29 is 0 Å². The van der Waals surface area contributed by atoms with Crippen LogP contribution in [0, 0.1) is 0 Å². The zero-order chi connectivity index (χ0) is 10.8. The van der Waals surface area contributed by atoms with Crippen LogP contribution >= 0.6 is 0 Å². The Balaban J connectivity index is 2.09. The Morgan fingerprint density at radius 2 is 2.13 bits per heavy atom. The lowest BCUT2D eigenvalue weighted by Gasteiger charge is -2.00. The molecule has 2 rings (SSSR count). The quantitative estimate of drug-likeness (QED) is 0.685. The first-order valence-electron chi connectivity index (χ1n) is 4.74. The number of hydrogen-bond donors (Lipinski definition) is 0. The first-order valence-corrected chi connectivity index (χ1v) is 4.74. The molecule has 2 heterocycles. The molecular weight excluding hydrogens is 194 g/mol. The molecule has 0 aliphatic carbocycles. The van der Waals surface area contributed by atoms with Crippen molar-refractivity contribution in [3.8, 4) is 0 Å². The molecular formula is C9H13N5O. The van der Waals surface area contributed by atoms with E-state index in [-0.39, 0.29) is 5.69 Å². The largest absolute Gasteiger partial charge is 0.345 e. The van der Waals surface area contributed by atoms with Crippen molar-refractivity contribution >= 4 is 0 Å². The van der Waals surface area contributed by atoms with Gasteiger partial charge in [-0.3, -0.25) is 9.25 Å². The zero-order valence-electron chi connectivity index (χ0n) is 8.79. The molecule has 0 unspecified atom stereocenters. The van der Waals surface area contributed by atoms with E-state index in [2.05, 4.69) is 10.2 Å². The van der Waals surface area contributed by atoms with Gasteiger partial charge in [0.15, 0.2) is 0 Å². The van der Waals surface area contributed by atoms with Gasteiger partial charge in [-0.05, 0) is 6.07 Å². The van der Waals surface area contributed by atoms with Gasteiger partial charge in [-0.25, -0.2) is 9.48 Å². The van der Waals surface area contributed by atoms with E-state index >= 15 is 0 Å². The van der Waals surface area contributed by atoms with Crippen LogP contribution in [-0.4, -0.2) is 24.1 Å². The minimum absolute atomic E-state index is 0.0860. The van der Waals surface area contributed by atoms with Crippen LogP contribution in [-0.2, 0) is 27.1 Å². The predicted molar refractivity (Wildman–Crippen MR) is 54.4 cm³/mol. The molecule has 0 saturated carbocycles. The van der Waals surface area contributed by atoms with Crippen LogP contribution in [0.3, 0.4) is 0 Å². The zero-order valence-corrected chi connectivity index (χ0v) is 8.79. The Hall–Kier alpha value is -1.85. The molecule has 6 nitrogen and oxygen atoms in total. The van der Waals surface area contributed by atoms with Gasteiger partial charge in [-0.2, -0.15) is 10.2 Å². The lowest BCUT2D eigenvalue weighted by molar-refractivity contribution is 0.563. The lowest BCUT2D eigenvalue weighted by Crippen LogP contribution is -2.24. The third kappa shape index (κ3) is 1.83. The number of nitrogens with zero attached hydrogens (tertiary/aromatic N) is 5. The second-order valence-corrected chi connectivity index (χ2v) is 3.44. The smallest absolute Gasteiger partial charge is 0.285 e. The van der Waals surface area contributed by atoms with Crippen molar-refractivity contribution in [2.45, 2.75) is 13.0 Å². The summed E-state index contributed by atoms with van der Waals surface area (Å²) < 4.78 is 4.71. The third-order valence-corrected chi connectivity index (χ3v) is 2.39. The van der Waals surface area contributed by atoms with E-state index in [0.29, 0.717) is 6.54 Å². The van der Waals surface area contributed by atoms with E-state index in [1.54, 1.807) is 17.9 Å². The molecule has 15 heavy (non-hydrogen) atoms. The van der Waals surface area contributed by atoms with Crippen molar-refractivity contribution in [3.05, 3.63) is 34.8 Å². The van der Waals surface area contributed by atoms with E-state index in [0.717, 1.165) is 12.1 Å². The highest BCUT2D eigenvalue weighted by atomic mass is 16.2. The summed E-state index contributed by atoms with van der Waals surface area (Å²) in [4.78, 5) is 11.5. The van der Waals surface area contributed by atoms with E-state index in [1.807, 2.05) is 13.1 Å². The topological polar surface area (TPSA) is 57.6 Å². The molecule has 0 atom stereocenters. The molecule has 6 heteroatoms. The summed E-state index contributed by atoms with van der Waals surface area (Å²) in [6.07, 6.45) is 4.02. The van der Waals surface area contributed by atoms with Gasteiger partial charge in [0.1, 0.15) is 6.33 Å². The monoisotopic (exact) mass is 207 g/mol. The molecule has 0 amide bonds. The summed E-state index contributed by atoms with van der Waals surface area (Å²) in [6, 6.07) is 1.94. The average Bonchev–Trinajstić information content (AvgIpc) is 2.74. The first kappa shape index (κ1) is 9.70. The number of aryl methyl sites for hydroxylation is 4. The van der Waals surface area contributed by atoms with Gasteiger partial charge in [-0.15, -0.1) is 0 Å². The molecule has 0 bridgehead atoms. The maximum Gasteiger partial charge on any atom is 0.345 e. The SMILES string of the molecule is Cn1nccc1CCn1ncn(C)c1=O. The molecule has 0 saturated heterocycles. The van der Waals surface area contributed by atoms with E-state index < -0.39 is 0 Å². The maximum atomic E-state index is 11.5. The fourth-order valence-corrected chi connectivity index (χ4v) is 1.44. The molecule has 0 radical (unpaired) electrons. The van der Waals surface area contributed by atoms with Gasteiger partial charge in [0, 0.05) is 32.4 Å². The molecule has 2 aromatic rings. The Kier molecular flexibility index (Phi) is 2.40. The Labute approximate surface area is 86.8 Å². The fraction of sp³-hybridized carbons (Fsp3) is 0.444. The summed E-state index contributed by atoms with van der Waals surface area (Å²) in [5.41, 5.74) is 1.00. The Bertz CT molecular complexity index is 507. The second kappa shape index (κ2) is 3.72. The number of aromatic nitrogens is 5. The standard InChI is InChI=1S/C9H13N5O/c1-12-7-11-14(9(12)15)6-4-8-3-5-10-13(8)2/h3,5,7H,4,6H2,1-2H3. The summed E-state index contributed by atoms with van der Waals surface area (Å²) in [6.45, 7) is 0.583. The van der Waals surface area contributed by atoms with Crippen LogP contribution in [0.2, 0.25) is 0 Å². The molecule has 0 spiro atoms. The van der Waals surface area contributed by atoms with Gasteiger partial charge in [0.05, 0.1) is 6.54 Å². The van der Waals surface area contributed by atoms with Crippen molar-refractivity contribution in [1.29, 1.82) is 0 Å². The van der Waals surface area contributed by atoms with E-state index in [4.69, 9.17) is 0 Å². The lowest BCUT2D eigenvalue weighted by atomic mass is 10.3. The van der Waals surface area contributed by atoms with Gasteiger partial charge < -0.3 is 0 Å². The van der Waals surface area contributed by atoms with Crippen LogP contribution in [0.15, 0.2) is 23.4 Å². The minimum atomic E-state index is -0.0860. The molecule has 0 N–H and O–H groups in total. The van der Waals surface area contributed by atoms with Gasteiger partial charge in [-0.1, -0.05) is 0 Å². The number of hydrogen-bond acceptors (Lipinski definition) is 3. The van der Waals surface area contributed by atoms with Gasteiger partial charge in [0.2, 0.25) is 0 Å². The molecule has 0 fully saturated rings. The van der Waals surface area contributed by atoms with E-state index in [1.165, 1.54) is 15.6 Å². The molecule has 0 aromatic carbocycles. The average molecular weight is 207 g/mol. The molecule has 2 aromatic heterocycles. The molecule has 0 aliphatic rings. The molecule has 80 valence electrons. The van der Waals surface area contributed by atoms with Crippen LogP contribution < -0.4 is 5.69 Å². The highest BCUT2D eigenvalue weighted by Gasteiger charge is 2.03. The summed E-state index contributed by atoms with van der Waals surface area (Å²) >= 11 is 0. The van der Waals surface area contributed by atoms with E-state index in [9.17, 15) is 4.79 Å². The van der Waals surface area contributed by atoms with Gasteiger partial charge in [0.25, 0.3) is 0 Å². The van der Waals surface area contributed by atoms with Crippen LogP contribution in [0.5, 0.6) is 0 Å². The summed E-state index contributed by atoms with van der Waals surface area (Å²) in [7, 11) is 3.58. The first-order chi connectivity index (χ1) is 7.18. The van der Waals surface area contributed by atoms with Crippen molar-refractivity contribution in [3.63, 3.8) is 0 Å². The summed E-state index contributed by atoms with van der Waals surface area (Å²) in [5, 5.41) is 8.04. The Morgan fingerprint density at radius 3 is 2.67 bits per heavy atom. The predicted octanol–water partition coefficient (Wildman–Crippen LogP) is -0.442. The summed E-state index contributed by atoms with van der Waals surface area (Å²) in [5.74, 6) is 0. The number of rotatable bonds is 3. The van der Waals surface area contributed by atoms with Crippen molar-refractivity contribution in [2.24, 2.45) is 14.1 Å². The van der Waals surface area contributed by atoms with Gasteiger partial charge >= 0.3 is 5.69 Å². The third-order valence-electron chi connectivity index (χ3n) is 2.39. The highest BCUT2D eigenvalue weighted by molar-refractivity contribution is 4.99. The van der Waals surface area contributed by atoms with Crippen LogP contribution in [0.1, 0.15) is 5.69 Å². The molecule has 0 aliphatic heterocycles. The maximum absolute atomic E-state index is 11.5.